The molecule has 0 saturated heterocycles. The van der Waals surface area contributed by atoms with Crippen molar-refractivity contribution in [2.45, 2.75) is 32.7 Å². The van der Waals surface area contributed by atoms with Gasteiger partial charge in [-0.1, -0.05) is 13.0 Å². The first-order chi connectivity index (χ1) is 7.13. The second-order valence-corrected chi connectivity index (χ2v) is 4.97. The number of hydrogen-bond donors (Lipinski definition) is 0. The Morgan fingerprint density at radius 3 is 2.87 bits per heavy atom. The van der Waals surface area contributed by atoms with Gasteiger partial charge in [0.05, 0.1) is 6.54 Å². The van der Waals surface area contributed by atoms with Crippen molar-refractivity contribution in [1.29, 1.82) is 0 Å². The van der Waals surface area contributed by atoms with Gasteiger partial charge in [-0.15, -0.1) is 11.3 Å². The van der Waals surface area contributed by atoms with E-state index in [2.05, 4.69) is 29.3 Å². The molecule has 15 heavy (non-hydrogen) atoms. The Balaban J connectivity index is 2.39. The normalized spacial score (nSPS) is 13.1. The predicted octanol–water partition coefficient (Wildman–Crippen LogP) is 2.59. The zero-order valence-electron chi connectivity index (χ0n) is 9.69. The zero-order valence-corrected chi connectivity index (χ0v) is 10.5. The van der Waals surface area contributed by atoms with E-state index < -0.39 is 0 Å². The topological polar surface area (TPSA) is 20.3 Å². The van der Waals surface area contributed by atoms with Gasteiger partial charge in [0.2, 0.25) is 0 Å². The summed E-state index contributed by atoms with van der Waals surface area (Å²) in [5.41, 5.74) is 0. The number of nitrogens with zero attached hydrogens (tertiary/aromatic N) is 1. The third kappa shape index (κ3) is 4.14. The Morgan fingerprint density at radius 1 is 1.60 bits per heavy atom. The summed E-state index contributed by atoms with van der Waals surface area (Å²) in [6.45, 7) is 4.66. The minimum absolute atomic E-state index is 0.315. The van der Waals surface area contributed by atoms with E-state index in [1.165, 1.54) is 4.88 Å². The van der Waals surface area contributed by atoms with Crippen LogP contribution in [0.1, 0.15) is 25.1 Å². The molecule has 0 aliphatic heterocycles. The molecule has 0 spiro atoms. The number of hydrogen-bond acceptors (Lipinski definition) is 3. The standard InChI is InChI=1S/C12H19NOS/c1-4-11(14)9-13(3)10(2)8-12-6-5-7-15-12/h5-7,10H,4,8-9H2,1-3H3. The van der Waals surface area contributed by atoms with Gasteiger partial charge in [0.1, 0.15) is 5.78 Å². The molecule has 0 fully saturated rings. The Kier molecular flexibility index (Phi) is 4.99. The lowest BCUT2D eigenvalue weighted by Crippen LogP contribution is -2.34. The van der Waals surface area contributed by atoms with Gasteiger partial charge in [0.15, 0.2) is 0 Å². The van der Waals surface area contributed by atoms with Crippen molar-refractivity contribution in [3.8, 4) is 0 Å². The van der Waals surface area contributed by atoms with E-state index in [1.54, 1.807) is 11.3 Å². The number of carbonyl (C=O) groups excluding carboxylic acids is 1. The number of carbonyl (C=O) groups is 1. The first-order valence-corrected chi connectivity index (χ1v) is 6.25. The van der Waals surface area contributed by atoms with Crippen LogP contribution in [0, 0.1) is 0 Å². The fourth-order valence-electron chi connectivity index (χ4n) is 1.42. The molecule has 1 heterocycles. The number of ketones is 1. The van der Waals surface area contributed by atoms with Crippen LogP contribution in [-0.2, 0) is 11.2 Å². The smallest absolute Gasteiger partial charge is 0.146 e. The lowest BCUT2D eigenvalue weighted by Gasteiger charge is -2.23. The average Bonchev–Trinajstić information content (AvgIpc) is 2.70. The highest BCUT2D eigenvalue weighted by Crippen LogP contribution is 2.13. The van der Waals surface area contributed by atoms with Gasteiger partial charge in [-0.2, -0.15) is 0 Å². The average molecular weight is 225 g/mol. The highest BCUT2D eigenvalue weighted by molar-refractivity contribution is 7.09. The molecule has 1 aromatic rings. The summed E-state index contributed by atoms with van der Waals surface area (Å²) in [7, 11) is 2.02. The maximum Gasteiger partial charge on any atom is 0.146 e. The van der Waals surface area contributed by atoms with Crippen LogP contribution in [0.4, 0.5) is 0 Å². The molecule has 0 amide bonds. The summed E-state index contributed by atoms with van der Waals surface area (Å²) < 4.78 is 0. The molecular formula is C12H19NOS. The second-order valence-electron chi connectivity index (χ2n) is 3.94. The largest absolute Gasteiger partial charge is 0.298 e. The predicted molar refractivity (Wildman–Crippen MR) is 65.4 cm³/mol. The molecule has 0 bridgehead atoms. The second kappa shape index (κ2) is 6.03. The molecule has 1 rings (SSSR count). The molecule has 3 heteroatoms. The Bertz CT molecular complexity index is 295. The van der Waals surface area contributed by atoms with Crippen molar-refractivity contribution in [3.05, 3.63) is 22.4 Å². The molecule has 0 aliphatic carbocycles. The number of rotatable bonds is 6. The summed E-state index contributed by atoms with van der Waals surface area (Å²) in [6, 6.07) is 4.65. The molecule has 1 aromatic heterocycles. The highest BCUT2D eigenvalue weighted by Gasteiger charge is 2.12. The Morgan fingerprint density at radius 2 is 2.33 bits per heavy atom. The zero-order chi connectivity index (χ0) is 11.3. The molecule has 0 saturated carbocycles. The fourth-order valence-corrected chi connectivity index (χ4v) is 2.25. The molecule has 2 nitrogen and oxygen atoms in total. The summed E-state index contributed by atoms with van der Waals surface area (Å²) in [6.07, 6.45) is 1.67. The van der Waals surface area contributed by atoms with Crippen molar-refractivity contribution < 1.29 is 4.79 Å². The van der Waals surface area contributed by atoms with Gasteiger partial charge in [-0.05, 0) is 31.8 Å². The number of thiophene rings is 1. The van der Waals surface area contributed by atoms with Crippen LogP contribution in [0.15, 0.2) is 17.5 Å². The molecule has 0 aliphatic rings. The van der Waals surface area contributed by atoms with E-state index in [0.717, 1.165) is 6.42 Å². The molecule has 84 valence electrons. The quantitative estimate of drug-likeness (QED) is 0.741. The minimum Gasteiger partial charge on any atom is -0.298 e. The fraction of sp³-hybridized carbons (Fsp3) is 0.583. The maximum absolute atomic E-state index is 11.3. The molecule has 1 atom stereocenters. The summed E-state index contributed by atoms with van der Waals surface area (Å²) in [5.74, 6) is 0.315. The first kappa shape index (κ1) is 12.4. The van der Waals surface area contributed by atoms with E-state index in [0.29, 0.717) is 24.8 Å². The van der Waals surface area contributed by atoms with Crippen LogP contribution < -0.4 is 0 Å². The highest BCUT2D eigenvalue weighted by atomic mass is 32.1. The summed E-state index contributed by atoms with van der Waals surface area (Å²) >= 11 is 1.78. The minimum atomic E-state index is 0.315. The van der Waals surface area contributed by atoms with Gasteiger partial charge in [0, 0.05) is 17.3 Å². The molecule has 0 radical (unpaired) electrons. The van der Waals surface area contributed by atoms with Crippen molar-refractivity contribution in [2.24, 2.45) is 0 Å². The third-order valence-electron chi connectivity index (χ3n) is 2.65. The molecule has 0 N–H and O–H groups in total. The van der Waals surface area contributed by atoms with E-state index in [9.17, 15) is 4.79 Å². The van der Waals surface area contributed by atoms with Crippen LogP contribution in [0.3, 0.4) is 0 Å². The van der Waals surface area contributed by atoms with Crippen molar-refractivity contribution >= 4 is 17.1 Å². The van der Waals surface area contributed by atoms with E-state index in [-0.39, 0.29) is 0 Å². The summed E-state index contributed by atoms with van der Waals surface area (Å²) in [5, 5.41) is 2.10. The van der Waals surface area contributed by atoms with Crippen LogP contribution in [0.5, 0.6) is 0 Å². The maximum atomic E-state index is 11.3. The van der Waals surface area contributed by atoms with E-state index >= 15 is 0 Å². The molecular weight excluding hydrogens is 206 g/mol. The van der Waals surface area contributed by atoms with E-state index in [1.807, 2.05) is 14.0 Å². The van der Waals surface area contributed by atoms with Crippen LogP contribution in [0.2, 0.25) is 0 Å². The third-order valence-corrected chi connectivity index (χ3v) is 3.55. The van der Waals surface area contributed by atoms with Crippen molar-refractivity contribution in [2.75, 3.05) is 13.6 Å². The van der Waals surface area contributed by atoms with Gasteiger partial charge in [-0.3, -0.25) is 9.69 Å². The molecule has 1 unspecified atom stereocenters. The van der Waals surface area contributed by atoms with Crippen LogP contribution in [0.25, 0.3) is 0 Å². The molecule has 0 aromatic carbocycles. The van der Waals surface area contributed by atoms with Crippen LogP contribution >= 0.6 is 11.3 Å². The van der Waals surface area contributed by atoms with E-state index in [4.69, 9.17) is 0 Å². The Hall–Kier alpha value is -0.670. The lowest BCUT2D eigenvalue weighted by atomic mass is 10.1. The first-order valence-electron chi connectivity index (χ1n) is 5.37. The number of Topliss-reactive ketones (excluding diaryl/α,β-unsaturated/α-hetero) is 1. The van der Waals surface area contributed by atoms with Crippen molar-refractivity contribution in [3.63, 3.8) is 0 Å². The monoisotopic (exact) mass is 225 g/mol. The van der Waals surface area contributed by atoms with Gasteiger partial charge in [-0.25, -0.2) is 0 Å². The lowest BCUT2D eigenvalue weighted by molar-refractivity contribution is -0.120. The number of likely N-dealkylation sites (N-methyl/N-ethyl adjacent to an activating group) is 1. The SMILES string of the molecule is CCC(=O)CN(C)C(C)Cc1cccs1. The van der Waals surface area contributed by atoms with Gasteiger partial charge >= 0.3 is 0 Å². The summed E-state index contributed by atoms with van der Waals surface area (Å²) in [4.78, 5) is 14.8. The Labute approximate surface area is 95.9 Å². The van der Waals surface area contributed by atoms with Gasteiger partial charge < -0.3 is 0 Å². The van der Waals surface area contributed by atoms with Crippen molar-refractivity contribution in [1.82, 2.24) is 4.90 Å². The van der Waals surface area contributed by atoms with Crippen LogP contribution in [-0.4, -0.2) is 30.3 Å². The van der Waals surface area contributed by atoms with Gasteiger partial charge in [0.25, 0.3) is 0 Å².